The van der Waals surface area contributed by atoms with Crippen LogP contribution in [-0.4, -0.2) is 14.5 Å². The summed E-state index contributed by atoms with van der Waals surface area (Å²) in [5.74, 6) is 1.86. The van der Waals surface area contributed by atoms with Crippen molar-refractivity contribution < 1.29 is 17.9 Å². The molecule has 0 atom stereocenters. The van der Waals surface area contributed by atoms with E-state index >= 15 is 0 Å². The second kappa shape index (κ2) is 8.14. The molecule has 5 nitrogen and oxygen atoms in total. The highest BCUT2D eigenvalue weighted by molar-refractivity contribution is 7.92. The maximum Gasteiger partial charge on any atom is 0.261 e. The maximum atomic E-state index is 12.6. The van der Waals surface area contributed by atoms with Crippen molar-refractivity contribution in [2.45, 2.75) is 24.8 Å². The normalized spacial score (nSPS) is 11.2. The third-order valence-corrected chi connectivity index (χ3v) is 4.97. The van der Waals surface area contributed by atoms with Gasteiger partial charge in [0.1, 0.15) is 17.2 Å². The van der Waals surface area contributed by atoms with Gasteiger partial charge in [-0.25, -0.2) is 8.42 Å². The third-order valence-electron chi connectivity index (χ3n) is 3.57. The molecule has 0 unspecified atom stereocenters. The zero-order valence-corrected chi connectivity index (χ0v) is 15.9. The zero-order chi connectivity index (χ0) is 19.3. The second-order valence-corrected chi connectivity index (χ2v) is 7.87. The lowest BCUT2D eigenvalue weighted by atomic mass is 10.3. The van der Waals surface area contributed by atoms with E-state index in [1.165, 1.54) is 12.1 Å². The first-order valence-electron chi connectivity index (χ1n) is 8.55. The van der Waals surface area contributed by atoms with Crippen molar-refractivity contribution in [3.63, 3.8) is 0 Å². The number of hydrogen-bond acceptors (Lipinski definition) is 4. The first kappa shape index (κ1) is 18.8. The van der Waals surface area contributed by atoms with Gasteiger partial charge in [-0.3, -0.25) is 4.72 Å². The van der Waals surface area contributed by atoms with Gasteiger partial charge in [0.05, 0.1) is 16.7 Å². The lowest BCUT2D eigenvalue weighted by molar-refractivity contribution is 0.242. The van der Waals surface area contributed by atoms with E-state index in [-0.39, 0.29) is 11.0 Å². The van der Waals surface area contributed by atoms with Crippen molar-refractivity contribution in [3.05, 3.63) is 78.9 Å². The van der Waals surface area contributed by atoms with E-state index in [1.54, 1.807) is 36.4 Å². The van der Waals surface area contributed by atoms with Crippen LogP contribution >= 0.6 is 0 Å². The molecule has 6 heteroatoms. The summed E-state index contributed by atoms with van der Waals surface area (Å²) < 4.78 is 39.1. The van der Waals surface area contributed by atoms with E-state index in [9.17, 15) is 8.42 Å². The monoisotopic (exact) mass is 383 g/mol. The summed E-state index contributed by atoms with van der Waals surface area (Å²) in [7, 11) is -3.71. The van der Waals surface area contributed by atoms with E-state index in [0.717, 1.165) is 0 Å². The van der Waals surface area contributed by atoms with Crippen LogP contribution in [0.2, 0.25) is 0 Å². The summed E-state index contributed by atoms with van der Waals surface area (Å²) in [6, 6.07) is 22.4. The van der Waals surface area contributed by atoms with E-state index in [2.05, 4.69) is 4.72 Å². The number of ether oxygens (including phenoxy) is 2. The fourth-order valence-corrected chi connectivity index (χ4v) is 3.48. The van der Waals surface area contributed by atoms with Gasteiger partial charge in [0.25, 0.3) is 10.0 Å². The van der Waals surface area contributed by atoms with Gasteiger partial charge in [-0.15, -0.1) is 0 Å². The molecule has 0 aromatic heterocycles. The van der Waals surface area contributed by atoms with Gasteiger partial charge in [-0.05, 0) is 62.4 Å². The Morgan fingerprint density at radius 2 is 1.41 bits per heavy atom. The van der Waals surface area contributed by atoms with Gasteiger partial charge in [0, 0.05) is 6.07 Å². The van der Waals surface area contributed by atoms with Crippen LogP contribution in [0, 0.1) is 0 Å². The maximum absolute atomic E-state index is 12.6. The van der Waals surface area contributed by atoms with Gasteiger partial charge in [-0.2, -0.15) is 0 Å². The fourth-order valence-electron chi connectivity index (χ4n) is 2.43. The van der Waals surface area contributed by atoms with Crippen molar-refractivity contribution in [1.29, 1.82) is 0 Å². The lowest BCUT2D eigenvalue weighted by Gasteiger charge is -2.12. The molecule has 0 aliphatic carbocycles. The van der Waals surface area contributed by atoms with Crippen LogP contribution < -0.4 is 14.2 Å². The largest absolute Gasteiger partial charge is 0.491 e. The quantitative estimate of drug-likeness (QED) is 0.619. The van der Waals surface area contributed by atoms with Crippen molar-refractivity contribution in [2.75, 3.05) is 4.72 Å². The molecule has 0 saturated carbocycles. The summed E-state index contributed by atoms with van der Waals surface area (Å²) in [6.07, 6.45) is 0.00835. The van der Waals surface area contributed by atoms with Gasteiger partial charge in [-0.1, -0.05) is 24.3 Å². The first-order chi connectivity index (χ1) is 12.9. The van der Waals surface area contributed by atoms with Crippen molar-refractivity contribution in [2.24, 2.45) is 0 Å². The Kier molecular flexibility index (Phi) is 5.66. The molecule has 0 bridgehead atoms. The molecule has 140 valence electrons. The Morgan fingerprint density at radius 1 is 0.778 bits per heavy atom. The summed E-state index contributed by atoms with van der Waals surface area (Å²) in [4.78, 5) is 0.151. The molecule has 3 rings (SSSR count). The molecule has 0 saturated heterocycles. The van der Waals surface area contributed by atoms with Crippen LogP contribution in [0.5, 0.6) is 17.2 Å². The van der Waals surface area contributed by atoms with Crippen LogP contribution in [-0.2, 0) is 10.0 Å². The van der Waals surface area contributed by atoms with Crippen LogP contribution in [0.1, 0.15) is 13.8 Å². The average Bonchev–Trinajstić information content (AvgIpc) is 2.62. The van der Waals surface area contributed by atoms with Crippen LogP contribution in [0.3, 0.4) is 0 Å². The van der Waals surface area contributed by atoms with Crippen LogP contribution in [0.4, 0.5) is 5.69 Å². The van der Waals surface area contributed by atoms with Crippen molar-refractivity contribution in [1.82, 2.24) is 0 Å². The second-order valence-electron chi connectivity index (χ2n) is 6.19. The molecule has 0 amide bonds. The number of hydrogen-bond donors (Lipinski definition) is 1. The predicted octanol–water partition coefficient (Wildman–Crippen LogP) is 5.07. The fraction of sp³-hybridized carbons (Fsp3) is 0.143. The third kappa shape index (κ3) is 5.24. The SMILES string of the molecule is CC(C)Oc1cccc(NS(=O)(=O)c2ccc(Oc3ccccc3)cc2)c1. The lowest BCUT2D eigenvalue weighted by Crippen LogP contribution is -2.13. The zero-order valence-electron chi connectivity index (χ0n) is 15.1. The summed E-state index contributed by atoms with van der Waals surface area (Å²) in [5, 5.41) is 0. The molecule has 3 aromatic rings. The first-order valence-corrected chi connectivity index (χ1v) is 10.0. The Balaban J connectivity index is 1.73. The molecule has 0 heterocycles. The standard InChI is InChI=1S/C21H21NO4S/c1-16(2)25-20-10-6-7-17(15-20)22-27(23,24)21-13-11-19(12-14-21)26-18-8-4-3-5-9-18/h3-16,22H,1-2H3. The molecule has 0 aliphatic rings. The Morgan fingerprint density at radius 3 is 2.07 bits per heavy atom. The Labute approximate surface area is 159 Å². The predicted molar refractivity (Wildman–Crippen MR) is 106 cm³/mol. The molecule has 3 aromatic carbocycles. The minimum atomic E-state index is -3.71. The average molecular weight is 383 g/mol. The molecule has 0 fully saturated rings. The Hall–Kier alpha value is -2.99. The van der Waals surface area contributed by atoms with Gasteiger partial charge in [0.2, 0.25) is 0 Å². The number of rotatable bonds is 7. The summed E-state index contributed by atoms with van der Waals surface area (Å²) in [6.45, 7) is 3.83. The Bertz CT molecular complexity index is 984. The van der Waals surface area contributed by atoms with Gasteiger partial charge in [0.15, 0.2) is 0 Å². The number of sulfonamides is 1. The minimum absolute atomic E-state index is 0.00835. The van der Waals surface area contributed by atoms with Crippen molar-refractivity contribution in [3.8, 4) is 17.2 Å². The van der Waals surface area contributed by atoms with Gasteiger partial charge >= 0.3 is 0 Å². The molecular weight excluding hydrogens is 362 g/mol. The smallest absolute Gasteiger partial charge is 0.261 e. The summed E-state index contributed by atoms with van der Waals surface area (Å²) >= 11 is 0. The van der Waals surface area contributed by atoms with Crippen LogP contribution in [0.15, 0.2) is 83.8 Å². The number of benzene rings is 3. The molecule has 27 heavy (non-hydrogen) atoms. The number of para-hydroxylation sites is 1. The molecule has 0 aliphatic heterocycles. The summed E-state index contributed by atoms with van der Waals surface area (Å²) in [5.41, 5.74) is 0.442. The van der Waals surface area contributed by atoms with E-state index < -0.39 is 10.0 Å². The number of nitrogens with one attached hydrogen (secondary N) is 1. The minimum Gasteiger partial charge on any atom is -0.491 e. The van der Waals surface area contributed by atoms with E-state index in [0.29, 0.717) is 22.9 Å². The van der Waals surface area contributed by atoms with Crippen molar-refractivity contribution >= 4 is 15.7 Å². The molecule has 0 spiro atoms. The molecule has 1 N–H and O–H groups in total. The van der Waals surface area contributed by atoms with Gasteiger partial charge < -0.3 is 9.47 Å². The van der Waals surface area contributed by atoms with Crippen LogP contribution in [0.25, 0.3) is 0 Å². The van der Waals surface area contributed by atoms with E-state index in [4.69, 9.17) is 9.47 Å². The highest BCUT2D eigenvalue weighted by Crippen LogP contribution is 2.25. The highest BCUT2D eigenvalue weighted by atomic mass is 32.2. The number of anilines is 1. The molecular formula is C21H21NO4S. The molecule has 0 radical (unpaired) electrons. The van der Waals surface area contributed by atoms with E-state index in [1.807, 2.05) is 44.2 Å². The topological polar surface area (TPSA) is 64.6 Å². The highest BCUT2D eigenvalue weighted by Gasteiger charge is 2.15.